The minimum atomic E-state index is -0.245. The average molecular weight is 376 g/mol. The minimum absolute atomic E-state index is 0.0129. The van der Waals surface area contributed by atoms with Crippen LogP contribution in [0.5, 0.6) is 0 Å². The Morgan fingerprint density at radius 2 is 1.00 bits per heavy atom. The van der Waals surface area contributed by atoms with E-state index in [0.29, 0.717) is 17.8 Å². The molecule has 2 atom stereocenters. The van der Waals surface area contributed by atoms with Crippen LogP contribution in [-0.4, -0.2) is 42.7 Å². The summed E-state index contributed by atoms with van der Waals surface area (Å²) in [6.45, 7) is 15.9. The van der Waals surface area contributed by atoms with Gasteiger partial charge in [-0.2, -0.15) is 0 Å². The quantitative estimate of drug-likeness (QED) is 0.601. The molecule has 2 unspecified atom stereocenters. The molecule has 0 aliphatic heterocycles. The zero-order valence-corrected chi connectivity index (χ0v) is 17.7. The summed E-state index contributed by atoms with van der Waals surface area (Å²) in [5.41, 5.74) is -0.0258. The van der Waals surface area contributed by atoms with Gasteiger partial charge in [-0.3, -0.25) is 0 Å². The summed E-state index contributed by atoms with van der Waals surface area (Å²) in [7, 11) is 0. The first-order chi connectivity index (χ1) is 8.10. The standard InChI is InChI=1S/C14H30Ge2O2/c1-10(11(2)13(4,5)17-15-8)12(3)14(6,7)18-16-9/h10-12H,1-9H3. The monoisotopic (exact) mass is 378 g/mol. The fourth-order valence-electron chi connectivity index (χ4n) is 2.41. The number of hydrogen-bond acceptors (Lipinski definition) is 2. The van der Waals surface area contributed by atoms with Gasteiger partial charge in [0.2, 0.25) is 0 Å². The SMILES string of the molecule is [CH3][Ge][O]C(C)(C)C(C)C(C)C(C)C(C)(C)[O][Ge][CH3]. The first-order valence-corrected chi connectivity index (χ1v) is 12.7. The molecule has 0 amide bonds. The van der Waals surface area contributed by atoms with Crippen molar-refractivity contribution in [1.29, 1.82) is 0 Å². The van der Waals surface area contributed by atoms with E-state index in [4.69, 9.17) is 7.53 Å². The summed E-state index contributed by atoms with van der Waals surface area (Å²) < 4.78 is 12.1. The Labute approximate surface area is 128 Å². The summed E-state index contributed by atoms with van der Waals surface area (Å²) >= 11 is -0.490. The molecule has 0 aliphatic rings. The van der Waals surface area contributed by atoms with Crippen LogP contribution >= 0.6 is 0 Å². The molecule has 0 N–H and O–H groups in total. The summed E-state index contributed by atoms with van der Waals surface area (Å²) in [5, 5.41) is 0. The van der Waals surface area contributed by atoms with Crippen LogP contribution in [0.4, 0.5) is 0 Å². The van der Waals surface area contributed by atoms with Gasteiger partial charge in [-0.05, 0) is 0 Å². The van der Waals surface area contributed by atoms with Crippen LogP contribution in [0.1, 0.15) is 48.5 Å². The summed E-state index contributed by atoms with van der Waals surface area (Å²) in [6, 6.07) is 0. The van der Waals surface area contributed by atoms with E-state index in [9.17, 15) is 0 Å². The van der Waals surface area contributed by atoms with Gasteiger partial charge in [0.05, 0.1) is 0 Å². The Morgan fingerprint density at radius 1 is 0.722 bits per heavy atom. The molecule has 0 aromatic carbocycles. The molecule has 0 spiro atoms. The summed E-state index contributed by atoms with van der Waals surface area (Å²) in [4.78, 5) is 0. The summed E-state index contributed by atoms with van der Waals surface area (Å²) in [6.07, 6.45) is 0. The zero-order chi connectivity index (χ0) is 14.6. The second-order valence-electron chi connectivity index (χ2n) is 6.26. The van der Waals surface area contributed by atoms with E-state index in [1.165, 1.54) is 0 Å². The normalized spacial score (nSPS) is 18.5. The second-order valence-corrected chi connectivity index (χ2v) is 8.83. The van der Waals surface area contributed by atoms with Crippen molar-refractivity contribution in [3.63, 3.8) is 0 Å². The molecule has 0 fully saturated rings. The van der Waals surface area contributed by atoms with Gasteiger partial charge in [0.25, 0.3) is 0 Å². The molecule has 0 bridgehead atoms. The molecular formula is C14H30Ge2O2. The van der Waals surface area contributed by atoms with Gasteiger partial charge in [-0.1, -0.05) is 0 Å². The van der Waals surface area contributed by atoms with Crippen LogP contribution in [0.25, 0.3) is 0 Å². The third-order valence-electron chi connectivity index (χ3n) is 4.50. The van der Waals surface area contributed by atoms with Gasteiger partial charge < -0.3 is 0 Å². The third kappa shape index (κ3) is 5.18. The van der Waals surface area contributed by atoms with E-state index < -0.39 is 0 Å². The van der Waals surface area contributed by atoms with E-state index in [-0.39, 0.29) is 42.7 Å². The molecule has 0 rings (SSSR count). The molecule has 0 saturated carbocycles. The van der Waals surface area contributed by atoms with Crippen LogP contribution in [0.2, 0.25) is 11.5 Å². The molecule has 106 valence electrons. The van der Waals surface area contributed by atoms with Crippen molar-refractivity contribution in [2.45, 2.75) is 71.2 Å². The van der Waals surface area contributed by atoms with Crippen molar-refractivity contribution >= 4 is 31.5 Å². The first-order valence-electron chi connectivity index (χ1n) is 6.79. The van der Waals surface area contributed by atoms with Crippen molar-refractivity contribution in [1.82, 2.24) is 0 Å². The predicted molar refractivity (Wildman–Crippen MR) is 81.1 cm³/mol. The Hall–Kier alpha value is 1.01. The van der Waals surface area contributed by atoms with E-state index in [1.807, 2.05) is 0 Å². The zero-order valence-electron chi connectivity index (χ0n) is 13.5. The van der Waals surface area contributed by atoms with Crippen LogP contribution in [0.3, 0.4) is 0 Å². The van der Waals surface area contributed by atoms with Crippen LogP contribution < -0.4 is 0 Å². The van der Waals surface area contributed by atoms with Gasteiger partial charge in [0, 0.05) is 0 Å². The Morgan fingerprint density at radius 3 is 1.22 bits per heavy atom. The van der Waals surface area contributed by atoms with Gasteiger partial charge in [-0.15, -0.1) is 0 Å². The molecule has 4 heteroatoms. The van der Waals surface area contributed by atoms with Crippen molar-refractivity contribution in [2.24, 2.45) is 17.8 Å². The van der Waals surface area contributed by atoms with Gasteiger partial charge in [0.1, 0.15) is 0 Å². The molecular weight excluding hydrogens is 345 g/mol. The number of hydrogen-bond donors (Lipinski definition) is 0. The first kappa shape index (κ1) is 19.0. The summed E-state index contributed by atoms with van der Waals surface area (Å²) in [5.74, 6) is 6.05. The van der Waals surface area contributed by atoms with Crippen molar-refractivity contribution in [2.75, 3.05) is 0 Å². The fraction of sp³-hybridized carbons (Fsp3) is 1.00. The second kappa shape index (κ2) is 7.70. The van der Waals surface area contributed by atoms with Crippen LogP contribution in [0.15, 0.2) is 0 Å². The van der Waals surface area contributed by atoms with Crippen molar-refractivity contribution < 1.29 is 7.53 Å². The molecule has 4 radical (unpaired) electrons. The van der Waals surface area contributed by atoms with Crippen molar-refractivity contribution in [3.05, 3.63) is 0 Å². The van der Waals surface area contributed by atoms with Gasteiger partial charge in [-0.25, -0.2) is 0 Å². The van der Waals surface area contributed by atoms with E-state index in [0.717, 1.165) is 0 Å². The fourth-order valence-corrected chi connectivity index (χ4v) is 5.40. The molecule has 0 heterocycles. The predicted octanol–water partition coefficient (Wildman–Crippen LogP) is 3.82. The Balaban J connectivity index is 4.77. The van der Waals surface area contributed by atoms with E-state index in [1.54, 1.807) is 0 Å². The Bertz CT molecular complexity index is 218. The topological polar surface area (TPSA) is 18.5 Å². The maximum absolute atomic E-state index is 6.03. The Kier molecular flexibility index (Phi) is 8.13. The van der Waals surface area contributed by atoms with Crippen LogP contribution in [-0.2, 0) is 7.53 Å². The average Bonchev–Trinajstić information content (AvgIpc) is 2.25. The van der Waals surface area contributed by atoms with Crippen molar-refractivity contribution in [3.8, 4) is 0 Å². The number of rotatable bonds is 8. The van der Waals surface area contributed by atoms with Crippen LogP contribution in [0, 0.1) is 17.8 Å². The third-order valence-corrected chi connectivity index (χ3v) is 7.56. The van der Waals surface area contributed by atoms with E-state index in [2.05, 4.69) is 60.0 Å². The van der Waals surface area contributed by atoms with Gasteiger partial charge in [0.15, 0.2) is 0 Å². The maximum atomic E-state index is 6.03. The molecule has 0 saturated heterocycles. The molecule has 0 aromatic rings. The molecule has 0 aliphatic carbocycles. The molecule has 18 heavy (non-hydrogen) atoms. The molecule has 2 nitrogen and oxygen atoms in total. The van der Waals surface area contributed by atoms with E-state index >= 15 is 0 Å². The van der Waals surface area contributed by atoms with Gasteiger partial charge >= 0.3 is 128 Å². The molecule has 0 aromatic heterocycles.